The van der Waals surface area contributed by atoms with Gasteiger partial charge in [0.15, 0.2) is 0 Å². The van der Waals surface area contributed by atoms with Gasteiger partial charge in [-0.3, -0.25) is 9.89 Å². The highest BCUT2D eigenvalue weighted by Gasteiger charge is 2.52. The first-order valence-corrected chi connectivity index (χ1v) is 8.15. The molecule has 1 aliphatic heterocycles. The molecule has 1 aromatic rings. The number of fused-ring (bicyclic) bond motifs is 1. The molecule has 0 bridgehead atoms. The Morgan fingerprint density at radius 1 is 1.59 bits per heavy atom. The molecule has 3 rings (SSSR count). The van der Waals surface area contributed by atoms with Gasteiger partial charge in [-0.25, -0.2) is 0 Å². The molecule has 1 saturated heterocycles. The van der Waals surface area contributed by atoms with E-state index >= 15 is 0 Å². The lowest BCUT2D eigenvalue weighted by molar-refractivity contribution is -0.139. The highest BCUT2D eigenvalue weighted by molar-refractivity contribution is 5.77. The van der Waals surface area contributed by atoms with Crippen LogP contribution in [-0.2, 0) is 16.0 Å². The summed E-state index contributed by atoms with van der Waals surface area (Å²) in [7, 11) is 1.73. The van der Waals surface area contributed by atoms with E-state index in [2.05, 4.69) is 10.2 Å². The average molecular weight is 307 g/mol. The first-order valence-electron chi connectivity index (χ1n) is 8.15. The van der Waals surface area contributed by atoms with Gasteiger partial charge in [-0.2, -0.15) is 5.10 Å². The van der Waals surface area contributed by atoms with Crippen molar-refractivity contribution in [3.8, 4) is 0 Å². The fraction of sp³-hybridized carbons (Fsp3) is 0.750. The van der Waals surface area contributed by atoms with Gasteiger partial charge in [-0.05, 0) is 44.1 Å². The van der Waals surface area contributed by atoms with Crippen molar-refractivity contribution in [2.75, 3.05) is 13.7 Å². The van der Waals surface area contributed by atoms with Crippen molar-refractivity contribution in [2.45, 2.75) is 62.7 Å². The Hall–Kier alpha value is -1.40. The predicted octanol–water partition coefficient (Wildman–Crippen LogP) is 1.26. The van der Waals surface area contributed by atoms with Crippen LogP contribution < -0.4 is 0 Å². The highest BCUT2D eigenvalue weighted by atomic mass is 16.5. The van der Waals surface area contributed by atoms with Gasteiger partial charge in [0.1, 0.15) is 0 Å². The van der Waals surface area contributed by atoms with Crippen LogP contribution in [0.4, 0.5) is 0 Å². The third-order valence-corrected chi connectivity index (χ3v) is 5.29. The molecule has 1 saturated carbocycles. The third-order valence-electron chi connectivity index (χ3n) is 5.29. The molecule has 0 aromatic carbocycles. The molecule has 22 heavy (non-hydrogen) atoms. The fourth-order valence-electron chi connectivity index (χ4n) is 3.98. The quantitative estimate of drug-likeness (QED) is 0.858. The fourth-order valence-corrected chi connectivity index (χ4v) is 3.98. The van der Waals surface area contributed by atoms with Crippen LogP contribution in [0.2, 0.25) is 0 Å². The minimum absolute atomic E-state index is 0.0303. The second-order valence-corrected chi connectivity index (χ2v) is 6.51. The number of likely N-dealkylation sites (tertiary alicyclic amines) is 1. The SMILES string of the molecule is CO[C@]12CC[C@H](O)C[C@H]1N(C(=O)CCCc1cn[nH]c1)CC2. The first-order chi connectivity index (χ1) is 10.6. The van der Waals surface area contributed by atoms with Crippen molar-refractivity contribution in [1.29, 1.82) is 0 Å². The number of aromatic amines is 1. The minimum Gasteiger partial charge on any atom is -0.393 e. The van der Waals surface area contributed by atoms with Crippen LogP contribution in [0, 0.1) is 0 Å². The van der Waals surface area contributed by atoms with E-state index in [4.69, 9.17) is 4.74 Å². The van der Waals surface area contributed by atoms with E-state index in [0.717, 1.165) is 44.2 Å². The Morgan fingerprint density at radius 2 is 2.45 bits per heavy atom. The van der Waals surface area contributed by atoms with Crippen molar-refractivity contribution in [3.05, 3.63) is 18.0 Å². The van der Waals surface area contributed by atoms with Crippen LogP contribution in [0.5, 0.6) is 0 Å². The molecule has 0 unspecified atom stereocenters. The van der Waals surface area contributed by atoms with Gasteiger partial charge in [-0.1, -0.05) is 0 Å². The van der Waals surface area contributed by atoms with Crippen LogP contribution >= 0.6 is 0 Å². The molecule has 1 aliphatic carbocycles. The minimum atomic E-state index is -0.312. The Kier molecular flexibility index (Phi) is 4.49. The summed E-state index contributed by atoms with van der Waals surface area (Å²) in [5.41, 5.74) is 0.896. The number of aliphatic hydroxyl groups excluding tert-OH is 1. The molecule has 6 heteroatoms. The molecule has 2 heterocycles. The van der Waals surface area contributed by atoms with Gasteiger partial charge in [0.2, 0.25) is 5.91 Å². The smallest absolute Gasteiger partial charge is 0.222 e. The number of aryl methyl sites for hydroxylation is 1. The molecule has 0 spiro atoms. The molecule has 1 amide bonds. The Morgan fingerprint density at radius 3 is 3.18 bits per heavy atom. The Balaban J connectivity index is 1.58. The largest absolute Gasteiger partial charge is 0.393 e. The zero-order chi connectivity index (χ0) is 15.6. The van der Waals surface area contributed by atoms with E-state index in [9.17, 15) is 9.90 Å². The van der Waals surface area contributed by atoms with Crippen LogP contribution in [0.3, 0.4) is 0 Å². The summed E-state index contributed by atoms with van der Waals surface area (Å²) in [5.74, 6) is 0.182. The number of H-pyrrole nitrogens is 1. The number of carbonyl (C=O) groups excluding carboxylic acids is 1. The standard InChI is InChI=1S/C16H25N3O3/c1-22-16-6-5-13(20)9-14(16)19(8-7-16)15(21)4-2-3-12-10-17-18-11-12/h10-11,13-14,20H,2-9H2,1H3,(H,17,18)/t13-,14+,16-/m0/s1. The van der Waals surface area contributed by atoms with E-state index < -0.39 is 0 Å². The summed E-state index contributed by atoms with van der Waals surface area (Å²) < 4.78 is 5.78. The average Bonchev–Trinajstić information content (AvgIpc) is 3.15. The van der Waals surface area contributed by atoms with Gasteiger partial charge < -0.3 is 14.7 Å². The van der Waals surface area contributed by atoms with E-state index in [-0.39, 0.29) is 23.7 Å². The summed E-state index contributed by atoms with van der Waals surface area (Å²) in [5, 5.41) is 16.7. The molecule has 0 radical (unpaired) electrons. The second-order valence-electron chi connectivity index (χ2n) is 6.51. The van der Waals surface area contributed by atoms with E-state index in [0.29, 0.717) is 12.8 Å². The molecule has 1 aromatic heterocycles. The molecule has 2 aliphatic rings. The van der Waals surface area contributed by atoms with E-state index in [1.165, 1.54) is 0 Å². The topological polar surface area (TPSA) is 78.5 Å². The lowest BCUT2D eigenvalue weighted by Crippen LogP contribution is -2.52. The van der Waals surface area contributed by atoms with Crippen LogP contribution in [-0.4, -0.2) is 57.5 Å². The van der Waals surface area contributed by atoms with Crippen molar-refractivity contribution in [1.82, 2.24) is 15.1 Å². The van der Waals surface area contributed by atoms with Crippen LogP contribution in [0.15, 0.2) is 12.4 Å². The molecule has 6 nitrogen and oxygen atoms in total. The molecule has 2 fully saturated rings. The lowest BCUT2D eigenvalue weighted by atomic mass is 9.79. The third kappa shape index (κ3) is 2.90. The van der Waals surface area contributed by atoms with Gasteiger partial charge in [0, 0.05) is 26.3 Å². The summed E-state index contributed by atoms with van der Waals surface area (Å²) in [4.78, 5) is 14.5. The normalized spacial score (nSPS) is 31.3. The van der Waals surface area contributed by atoms with Gasteiger partial charge in [-0.15, -0.1) is 0 Å². The number of hydrogen-bond donors (Lipinski definition) is 2. The molecular weight excluding hydrogens is 282 g/mol. The van der Waals surface area contributed by atoms with Crippen LogP contribution in [0.25, 0.3) is 0 Å². The summed E-state index contributed by atoms with van der Waals surface area (Å²) in [6, 6.07) is 0.0303. The van der Waals surface area contributed by atoms with Crippen molar-refractivity contribution in [3.63, 3.8) is 0 Å². The number of ether oxygens (including phenoxy) is 1. The van der Waals surface area contributed by atoms with E-state index in [1.807, 2.05) is 11.1 Å². The van der Waals surface area contributed by atoms with Crippen LogP contribution in [0.1, 0.15) is 44.1 Å². The first kappa shape index (κ1) is 15.5. The lowest BCUT2D eigenvalue weighted by Gasteiger charge is -2.42. The van der Waals surface area contributed by atoms with Gasteiger partial charge >= 0.3 is 0 Å². The molecule has 2 N–H and O–H groups in total. The summed E-state index contributed by atoms with van der Waals surface area (Å²) in [6.07, 6.45) is 8.71. The summed E-state index contributed by atoms with van der Waals surface area (Å²) in [6.45, 7) is 0.746. The number of aliphatic hydroxyl groups is 1. The number of rotatable bonds is 5. The molecule has 3 atom stereocenters. The van der Waals surface area contributed by atoms with Crippen molar-refractivity contribution < 1.29 is 14.6 Å². The van der Waals surface area contributed by atoms with Crippen molar-refractivity contribution >= 4 is 5.91 Å². The zero-order valence-corrected chi connectivity index (χ0v) is 13.1. The molecular formula is C16H25N3O3. The van der Waals surface area contributed by atoms with Gasteiger partial charge in [0.05, 0.1) is 23.9 Å². The number of hydrogen-bond acceptors (Lipinski definition) is 4. The second kappa shape index (κ2) is 6.38. The number of amides is 1. The maximum Gasteiger partial charge on any atom is 0.222 e. The maximum atomic E-state index is 12.6. The summed E-state index contributed by atoms with van der Waals surface area (Å²) >= 11 is 0. The Labute approximate surface area is 130 Å². The van der Waals surface area contributed by atoms with Gasteiger partial charge in [0.25, 0.3) is 0 Å². The number of nitrogens with zero attached hydrogens (tertiary/aromatic N) is 2. The maximum absolute atomic E-state index is 12.6. The number of aromatic nitrogens is 2. The zero-order valence-electron chi connectivity index (χ0n) is 13.1. The van der Waals surface area contributed by atoms with E-state index in [1.54, 1.807) is 13.3 Å². The number of methoxy groups -OCH3 is 1. The monoisotopic (exact) mass is 307 g/mol. The number of nitrogens with one attached hydrogen (secondary N) is 1. The molecule has 122 valence electrons. The van der Waals surface area contributed by atoms with Crippen molar-refractivity contribution in [2.24, 2.45) is 0 Å². The number of carbonyl (C=O) groups is 1. The predicted molar refractivity (Wildman–Crippen MR) is 81.2 cm³/mol. The Bertz CT molecular complexity index is 505. The highest BCUT2D eigenvalue weighted by Crippen LogP contribution is 2.42.